The molecule has 1 aromatic carbocycles. The van der Waals surface area contributed by atoms with Crippen LogP contribution in [0.2, 0.25) is 0 Å². The van der Waals surface area contributed by atoms with Crippen LogP contribution in [0.5, 0.6) is 5.75 Å². The van der Waals surface area contributed by atoms with Gasteiger partial charge in [0.15, 0.2) is 0 Å². The third kappa shape index (κ3) is 2.34. The quantitative estimate of drug-likeness (QED) is 0.721. The van der Waals surface area contributed by atoms with E-state index in [1.54, 1.807) is 7.11 Å². The van der Waals surface area contributed by atoms with Crippen LogP contribution in [0, 0.1) is 6.92 Å². The normalized spacial score (nSPS) is 12.6. The molecular formula is C14H22O. The smallest absolute Gasteiger partial charge is 0.122 e. The van der Waals surface area contributed by atoms with Gasteiger partial charge in [0, 0.05) is 0 Å². The molecule has 84 valence electrons. The van der Waals surface area contributed by atoms with Crippen LogP contribution in [0.15, 0.2) is 12.1 Å². The summed E-state index contributed by atoms with van der Waals surface area (Å²) in [6.07, 6.45) is 2.28. The minimum Gasteiger partial charge on any atom is -0.496 e. The summed E-state index contributed by atoms with van der Waals surface area (Å²) in [7, 11) is 1.74. The van der Waals surface area contributed by atoms with Crippen molar-refractivity contribution in [1.29, 1.82) is 0 Å². The van der Waals surface area contributed by atoms with Gasteiger partial charge in [-0.2, -0.15) is 0 Å². The van der Waals surface area contributed by atoms with Gasteiger partial charge >= 0.3 is 0 Å². The highest BCUT2D eigenvalue weighted by Gasteiger charge is 2.14. The molecule has 0 fully saturated rings. The van der Waals surface area contributed by atoms with E-state index in [9.17, 15) is 0 Å². The van der Waals surface area contributed by atoms with Crippen molar-refractivity contribution in [2.24, 2.45) is 0 Å². The Morgan fingerprint density at radius 1 is 1.27 bits per heavy atom. The molecule has 0 N–H and O–H groups in total. The third-order valence-electron chi connectivity index (χ3n) is 3.26. The van der Waals surface area contributed by atoms with Crippen molar-refractivity contribution in [3.8, 4) is 5.75 Å². The zero-order chi connectivity index (χ0) is 11.4. The average molecular weight is 206 g/mol. The molecule has 15 heavy (non-hydrogen) atoms. The van der Waals surface area contributed by atoms with Crippen LogP contribution in [-0.2, 0) is 6.42 Å². The van der Waals surface area contributed by atoms with E-state index in [1.165, 1.54) is 23.1 Å². The fourth-order valence-corrected chi connectivity index (χ4v) is 2.18. The molecule has 0 aliphatic rings. The minimum absolute atomic E-state index is 0.620. The van der Waals surface area contributed by atoms with Crippen molar-refractivity contribution < 1.29 is 4.74 Å². The number of ether oxygens (including phenoxy) is 1. The highest BCUT2D eigenvalue weighted by atomic mass is 16.5. The summed E-state index contributed by atoms with van der Waals surface area (Å²) in [4.78, 5) is 0. The van der Waals surface area contributed by atoms with Gasteiger partial charge in [0.05, 0.1) is 7.11 Å². The topological polar surface area (TPSA) is 9.23 Å². The summed E-state index contributed by atoms with van der Waals surface area (Å²) in [5.41, 5.74) is 4.26. The van der Waals surface area contributed by atoms with E-state index in [-0.39, 0.29) is 0 Å². The fraction of sp³-hybridized carbons (Fsp3) is 0.571. The van der Waals surface area contributed by atoms with Gasteiger partial charge in [0.25, 0.3) is 0 Å². The molecule has 1 aromatic rings. The Morgan fingerprint density at radius 3 is 2.40 bits per heavy atom. The SMILES string of the molecule is CCc1ccc(OC)c(C)c1C(C)CC. The summed E-state index contributed by atoms with van der Waals surface area (Å²) in [6, 6.07) is 4.29. The first-order chi connectivity index (χ1) is 7.15. The number of methoxy groups -OCH3 is 1. The van der Waals surface area contributed by atoms with Crippen LogP contribution in [0.3, 0.4) is 0 Å². The van der Waals surface area contributed by atoms with Gasteiger partial charge in [-0.1, -0.05) is 26.8 Å². The summed E-state index contributed by atoms with van der Waals surface area (Å²) < 4.78 is 5.38. The van der Waals surface area contributed by atoms with Crippen LogP contribution in [0.4, 0.5) is 0 Å². The van der Waals surface area contributed by atoms with E-state index in [4.69, 9.17) is 4.74 Å². The number of hydrogen-bond donors (Lipinski definition) is 0. The zero-order valence-corrected chi connectivity index (χ0v) is 10.6. The Bertz CT molecular complexity index is 328. The standard InChI is InChI=1S/C14H22O/c1-6-10(3)14-11(4)13(15-5)9-8-12(14)7-2/h8-10H,6-7H2,1-5H3. The van der Waals surface area contributed by atoms with Crippen molar-refractivity contribution in [1.82, 2.24) is 0 Å². The summed E-state index contributed by atoms with van der Waals surface area (Å²) in [5.74, 6) is 1.64. The number of aryl methyl sites for hydroxylation is 1. The second kappa shape index (κ2) is 5.20. The van der Waals surface area contributed by atoms with E-state index in [1.807, 2.05) is 0 Å². The maximum absolute atomic E-state index is 5.38. The average Bonchev–Trinajstić information content (AvgIpc) is 2.27. The third-order valence-corrected chi connectivity index (χ3v) is 3.26. The van der Waals surface area contributed by atoms with Crippen LogP contribution in [-0.4, -0.2) is 7.11 Å². The summed E-state index contributed by atoms with van der Waals surface area (Å²) >= 11 is 0. The fourth-order valence-electron chi connectivity index (χ4n) is 2.18. The maximum atomic E-state index is 5.38. The zero-order valence-electron chi connectivity index (χ0n) is 10.6. The molecule has 0 aliphatic heterocycles. The molecule has 0 saturated heterocycles. The highest BCUT2D eigenvalue weighted by Crippen LogP contribution is 2.32. The second-order valence-electron chi connectivity index (χ2n) is 4.13. The Balaban J connectivity index is 3.29. The van der Waals surface area contributed by atoms with E-state index in [0.29, 0.717) is 5.92 Å². The minimum atomic E-state index is 0.620. The van der Waals surface area contributed by atoms with Crippen molar-refractivity contribution in [2.75, 3.05) is 7.11 Å². The highest BCUT2D eigenvalue weighted by molar-refractivity contribution is 5.46. The number of benzene rings is 1. The Morgan fingerprint density at radius 2 is 1.93 bits per heavy atom. The number of hydrogen-bond acceptors (Lipinski definition) is 1. The number of rotatable bonds is 4. The Labute approximate surface area is 93.5 Å². The molecule has 0 heterocycles. The van der Waals surface area contributed by atoms with E-state index in [2.05, 4.69) is 39.8 Å². The maximum Gasteiger partial charge on any atom is 0.122 e. The van der Waals surface area contributed by atoms with E-state index in [0.717, 1.165) is 12.2 Å². The predicted octanol–water partition coefficient (Wildman–Crippen LogP) is 4.08. The lowest BCUT2D eigenvalue weighted by Crippen LogP contribution is -2.03. The lowest BCUT2D eigenvalue weighted by Gasteiger charge is -2.19. The molecule has 1 atom stereocenters. The van der Waals surface area contributed by atoms with Crippen molar-refractivity contribution >= 4 is 0 Å². The van der Waals surface area contributed by atoms with Gasteiger partial charge in [-0.15, -0.1) is 0 Å². The first-order valence-electron chi connectivity index (χ1n) is 5.82. The van der Waals surface area contributed by atoms with E-state index >= 15 is 0 Å². The second-order valence-corrected chi connectivity index (χ2v) is 4.13. The molecule has 0 saturated carbocycles. The molecular weight excluding hydrogens is 184 g/mol. The van der Waals surface area contributed by atoms with Crippen LogP contribution in [0.25, 0.3) is 0 Å². The molecule has 0 aromatic heterocycles. The first kappa shape index (κ1) is 12.1. The largest absolute Gasteiger partial charge is 0.496 e. The molecule has 0 bridgehead atoms. The molecule has 0 aliphatic carbocycles. The van der Waals surface area contributed by atoms with Gasteiger partial charge in [0.1, 0.15) is 5.75 Å². The van der Waals surface area contributed by atoms with Gasteiger partial charge in [-0.3, -0.25) is 0 Å². The summed E-state index contributed by atoms with van der Waals surface area (Å²) in [6.45, 7) is 8.91. The van der Waals surface area contributed by atoms with Crippen LogP contribution < -0.4 is 4.74 Å². The molecule has 1 unspecified atom stereocenters. The van der Waals surface area contributed by atoms with Gasteiger partial charge in [-0.05, 0) is 48.4 Å². The Kier molecular flexibility index (Phi) is 4.19. The Hall–Kier alpha value is -0.980. The van der Waals surface area contributed by atoms with Crippen LogP contribution >= 0.6 is 0 Å². The molecule has 1 nitrogen and oxygen atoms in total. The predicted molar refractivity (Wildman–Crippen MR) is 65.8 cm³/mol. The monoisotopic (exact) mass is 206 g/mol. The molecule has 0 radical (unpaired) electrons. The van der Waals surface area contributed by atoms with Gasteiger partial charge < -0.3 is 4.74 Å². The van der Waals surface area contributed by atoms with E-state index < -0.39 is 0 Å². The molecule has 0 amide bonds. The first-order valence-corrected chi connectivity index (χ1v) is 5.82. The lowest BCUT2D eigenvalue weighted by atomic mass is 9.88. The van der Waals surface area contributed by atoms with Gasteiger partial charge in [0.2, 0.25) is 0 Å². The lowest BCUT2D eigenvalue weighted by molar-refractivity contribution is 0.410. The van der Waals surface area contributed by atoms with Crippen molar-refractivity contribution in [2.45, 2.75) is 46.5 Å². The summed E-state index contributed by atoms with van der Waals surface area (Å²) in [5, 5.41) is 0. The van der Waals surface area contributed by atoms with Crippen LogP contribution in [0.1, 0.15) is 49.8 Å². The molecule has 1 rings (SSSR count). The van der Waals surface area contributed by atoms with Gasteiger partial charge in [-0.25, -0.2) is 0 Å². The van der Waals surface area contributed by atoms with Crippen molar-refractivity contribution in [3.05, 3.63) is 28.8 Å². The molecule has 0 spiro atoms. The van der Waals surface area contributed by atoms with Crippen molar-refractivity contribution in [3.63, 3.8) is 0 Å². The molecule has 1 heteroatoms.